The maximum atomic E-state index is 11.6. The standard InChI is InChI=1S/C16H20O4/c1-5-13(17)19-15(3)9-11-7-8-12(11)16(4,10-15)20-14(18)6-2/h5-6H,1-2,7-10H2,3-4H3. The Labute approximate surface area is 119 Å². The van der Waals surface area contributed by atoms with Crippen molar-refractivity contribution >= 4 is 11.9 Å². The Morgan fingerprint density at radius 3 is 2.20 bits per heavy atom. The Balaban J connectivity index is 2.27. The molecule has 2 rings (SSSR count). The lowest BCUT2D eigenvalue weighted by atomic mass is 9.65. The zero-order valence-corrected chi connectivity index (χ0v) is 12.0. The molecule has 0 saturated heterocycles. The van der Waals surface area contributed by atoms with E-state index in [1.54, 1.807) is 0 Å². The molecule has 2 aliphatic rings. The molecule has 0 heterocycles. The molecule has 0 aromatic heterocycles. The Bertz CT molecular complexity index is 517. The molecule has 0 aliphatic heterocycles. The Morgan fingerprint density at radius 1 is 1.10 bits per heavy atom. The van der Waals surface area contributed by atoms with Gasteiger partial charge in [-0.15, -0.1) is 0 Å². The largest absolute Gasteiger partial charge is 0.456 e. The van der Waals surface area contributed by atoms with Gasteiger partial charge in [-0.05, 0) is 32.3 Å². The SMILES string of the molecule is C=CC(=O)OC1(C)CC2=C(CC2)C(C)(OC(=O)C=C)C1. The number of rotatable bonds is 4. The van der Waals surface area contributed by atoms with E-state index in [1.807, 2.05) is 13.8 Å². The first-order valence-electron chi connectivity index (χ1n) is 6.74. The van der Waals surface area contributed by atoms with Gasteiger partial charge in [0, 0.05) is 25.0 Å². The van der Waals surface area contributed by atoms with Crippen LogP contribution >= 0.6 is 0 Å². The van der Waals surface area contributed by atoms with Crippen LogP contribution in [0, 0.1) is 0 Å². The molecule has 0 aromatic rings. The summed E-state index contributed by atoms with van der Waals surface area (Å²) in [5.74, 6) is -0.904. The van der Waals surface area contributed by atoms with E-state index in [2.05, 4.69) is 13.2 Å². The lowest BCUT2D eigenvalue weighted by Gasteiger charge is -2.49. The number of hydrogen-bond donors (Lipinski definition) is 0. The van der Waals surface area contributed by atoms with Gasteiger partial charge in [0.1, 0.15) is 11.2 Å². The molecule has 4 heteroatoms. The topological polar surface area (TPSA) is 52.6 Å². The summed E-state index contributed by atoms with van der Waals surface area (Å²) >= 11 is 0. The van der Waals surface area contributed by atoms with Crippen molar-refractivity contribution in [1.29, 1.82) is 0 Å². The Hall–Kier alpha value is -1.84. The highest BCUT2D eigenvalue weighted by Crippen LogP contribution is 2.51. The number of ether oxygens (including phenoxy) is 2. The van der Waals surface area contributed by atoms with Gasteiger partial charge < -0.3 is 9.47 Å². The third-order valence-corrected chi connectivity index (χ3v) is 4.05. The molecule has 0 amide bonds. The molecule has 2 aliphatic carbocycles. The van der Waals surface area contributed by atoms with E-state index in [0.717, 1.165) is 25.0 Å². The fourth-order valence-electron chi connectivity index (χ4n) is 3.31. The summed E-state index contributed by atoms with van der Waals surface area (Å²) in [7, 11) is 0. The lowest BCUT2D eigenvalue weighted by Crippen LogP contribution is -2.50. The number of carbonyl (C=O) groups is 2. The summed E-state index contributed by atoms with van der Waals surface area (Å²) in [6.07, 6.45) is 5.37. The zero-order valence-electron chi connectivity index (χ0n) is 12.0. The van der Waals surface area contributed by atoms with Crippen LogP contribution in [-0.4, -0.2) is 23.1 Å². The summed E-state index contributed by atoms with van der Waals surface area (Å²) in [6.45, 7) is 10.6. The Morgan fingerprint density at radius 2 is 1.70 bits per heavy atom. The molecule has 0 spiro atoms. The highest BCUT2D eigenvalue weighted by Gasteiger charge is 2.50. The van der Waals surface area contributed by atoms with Gasteiger partial charge >= 0.3 is 11.9 Å². The average Bonchev–Trinajstić information content (AvgIpc) is 2.32. The van der Waals surface area contributed by atoms with Crippen molar-refractivity contribution < 1.29 is 19.1 Å². The molecule has 0 fully saturated rings. The number of esters is 2. The minimum atomic E-state index is -0.715. The van der Waals surface area contributed by atoms with Gasteiger partial charge in [0.15, 0.2) is 0 Å². The molecule has 0 aromatic carbocycles. The van der Waals surface area contributed by atoms with Gasteiger partial charge in [-0.2, -0.15) is 0 Å². The second kappa shape index (κ2) is 4.93. The van der Waals surface area contributed by atoms with E-state index >= 15 is 0 Å². The fraction of sp³-hybridized carbons (Fsp3) is 0.500. The van der Waals surface area contributed by atoms with E-state index in [9.17, 15) is 9.59 Å². The van der Waals surface area contributed by atoms with Crippen LogP contribution in [0.25, 0.3) is 0 Å². The van der Waals surface area contributed by atoms with Gasteiger partial charge in [0.2, 0.25) is 0 Å². The molecule has 0 radical (unpaired) electrons. The number of hydrogen-bond acceptors (Lipinski definition) is 4. The first-order valence-corrected chi connectivity index (χ1v) is 6.74. The summed E-state index contributed by atoms with van der Waals surface area (Å²) < 4.78 is 11.0. The summed E-state index contributed by atoms with van der Waals surface area (Å²) in [6, 6.07) is 0. The summed E-state index contributed by atoms with van der Waals surface area (Å²) in [5.41, 5.74) is 1.02. The predicted molar refractivity (Wildman–Crippen MR) is 74.9 cm³/mol. The zero-order chi connectivity index (χ0) is 15.0. The molecule has 108 valence electrons. The second-order valence-electron chi connectivity index (χ2n) is 5.87. The smallest absolute Gasteiger partial charge is 0.331 e. The monoisotopic (exact) mass is 276 g/mol. The van der Waals surface area contributed by atoms with Crippen LogP contribution in [0.15, 0.2) is 36.5 Å². The third kappa shape index (κ3) is 2.55. The van der Waals surface area contributed by atoms with Crippen LogP contribution < -0.4 is 0 Å². The van der Waals surface area contributed by atoms with E-state index in [4.69, 9.17) is 9.47 Å². The van der Waals surface area contributed by atoms with Crippen LogP contribution in [0.5, 0.6) is 0 Å². The van der Waals surface area contributed by atoms with Crippen molar-refractivity contribution in [2.24, 2.45) is 0 Å². The quantitative estimate of drug-likeness (QED) is 0.450. The van der Waals surface area contributed by atoms with Crippen molar-refractivity contribution in [1.82, 2.24) is 0 Å². The van der Waals surface area contributed by atoms with E-state index in [0.29, 0.717) is 12.8 Å². The molecule has 0 N–H and O–H groups in total. The van der Waals surface area contributed by atoms with Crippen LogP contribution in [-0.2, 0) is 19.1 Å². The Kier molecular flexibility index (Phi) is 3.59. The van der Waals surface area contributed by atoms with Crippen molar-refractivity contribution in [3.63, 3.8) is 0 Å². The molecule has 0 bridgehead atoms. The maximum absolute atomic E-state index is 11.6. The van der Waals surface area contributed by atoms with Gasteiger partial charge in [0.25, 0.3) is 0 Å². The van der Waals surface area contributed by atoms with Crippen LogP contribution in [0.3, 0.4) is 0 Å². The third-order valence-electron chi connectivity index (χ3n) is 4.05. The predicted octanol–water partition coefficient (Wildman–Crippen LogP) is 2.85. The molecular formula is C16H20O4. The van der Waals surface area contributed by atoms with Gasteiger partial charge in [-0.1, -0.05) is 18.7 Å². The molecule has 4 nitrogen and oxygen atoms in total. The van der Waals surface area contributed by atoms with E-state index in [-0.39, 0.29) is 0 Å². The minimum absolute atomic E-state index is 0.451. The lowest BCUT2D eigenvalue weighted by molar-refractivity contribution is -0.167. The van der Waals surface area contributed by atoms with Crippen molar-refractivity contribution in [3.05, 3.63) is 36.5 Å². The molecule has 2 atom stereocenters. The molecule has 2 unspecified atom stereocenters. The molecular weight excluding hydrogens is 256 g/mol. The van der Waals surface area contributed by atoms with Gasteiger partial charge in [-0.3, -0.25) is 0 Å². The second-order valence-corrected chi connectivity index (χ2v) is 5.87. The normalized spacial score (nSPS) is 31.7. The average molecular weight is 276 g/mol. The van der Waals surface area contributed by atoms with E-state index < -0.39 is 23.1 Å². The van der Waals surface area contributed by atoms with Crippen LogP contribution in [0.1, 0.15) is 39.5 Å². The van der Waals surface area contributed by atoms with E-state index in [1.165, 1.54) is 11.1 Å². The highest BCUT2D eigenvalue weighted by atomic mass is 16.6. The van der Waals surface area contributed by atoms with Gasteiger partial charge in [-0.25, -0.2) is 9.59 Å². The minimum Gasteiger partial charge on any atom is -0.456 e. The van der Waals surface area contributed by atoms with Gasteiger partial charge in [0.05, 0.1) is 0 Å². The highest BCUT2D eigenvalue weighted by molar-refractivity contribution is 5.82. The summed E-state index contributed by atoms with van der Waals surface area (Å²) in [4.78, 5) is 23.1. The molecule has 0 saturated carbocycles. The maximum Gasteiger partial charge on any atom is 0.331 e. The van der Waals surface area contributed by atoms with Crippen molar-refractivity contribution in [2.75, 3.05) is 0 Å². The number of carbonyl (C=O) groups excluding carboxylic acids is 2. The van der Waals surface area contributed by atoms with Crippen molar-refractivity contribution in [3.8, 4) is 0 Å². The fourth-order valence-corrected chi connectivity index (χ4v) is 3.31. The van der Waals surface area contributed by atoms with Crippen LogP contribution in [0.2, 0.25) is 0 Å². The first kappa shape index (κ1) is 14.6. The summed E-state index contributed by atoms with van der Waals surface area (Å²) in [5, 5.41) is 0. The van der Waals surface area contributed by atoms with Crippen LogP contribution in [0.4, 0.5) is 0 Å². The molecule has 20 heavy (non-hydrogen) atoms. The first-order chi connectivity index (χ1) is 9.32. The van der Waals surface area contributed by atoms with Crippen molar-refractivity contribution in [2.45, 2.75) is 50.7 Å².